The van der Waals surface area contributed by atoms with Crippen LogP contribution in [-0.4, -0.2) is 18.9 Å². The third kappa shape index (κ3) is 2.29. The van der Waals surface area contributed by atoms with Crippen molar-refractivity contribution < 1.29 is 14.3 Å². The Bertz CT molecular complexity index is 210. The van der Waals surface area contributed by atoms with Crippen LogP contribution < -0.4 is 0 Å². The molecule has 1 fully saturated rings. The number of methoxy groups -OCH3 is 1. The van der Waals surface area contributed by atoms with Crippen molar-refractivity contribution in [3.63, 3.8) is 0 Å². The maximum absolute atomic E-state index is 11.6. The van der Waals surface area contributed by atoms with Gasteiger partial charge in [-0.2, -0.15) is 0 Å². The molecule has 0 heterocycles. The highest BCUT2D eigenvalue weighted by Crippen LogP contribution is 2.31. The van der Waals surface area contributed by atoms with Gasteiger partial charge in [0.25, 0.3) is 0 Å². The van der Waals surface area contributed by atoms with E-state index in [0.29, 0.717) is 0 Å². The van der Waals surface area contributed by atoms with Crippen LogP contribution in [0.5, 0.6) is 0 Å². The van der Waals surface area contributed by atoms with Crippen LogP contribution in [0.4, 0.5) is 0 Å². The number of carbonyl (C=O) groups excluding carboxylic acids is 2. The molecule has 3 heteroatoms. The second kappa shape index (κ2) is 4.40. The van der Waals surface area contributed by atoms with Crippen molar-refractivity contribution >= 4 is 11.8 Å². The summed E-state index contributed by atoms with van der Waals surface area (Å²) >= 11 is 0. The largest absolute Gasteiger partial charge is 0.469 e. The molecule has 0 unspecified atom stereocenters. The second-order valence-corrected chi connectivity index (χ2v) is 3.56. The first kappa shape index (κ1) is 10.2. The van der Waals surface area contributed by atoms with Crippen LogP contribution in [0.3, 0.4) is 0 Å². The molecule has 2 atom stereocenters. The van der Waals surface area contributed by atoms with Crippen LogP contribution in [0.15, 0.2) is 0 Å². The Balaban J connectivity index is 2.45. The second-order valence-electron chi connectivity index (χ2n) is 3.56. The number of ketones is 1. The average molecular weight is 184 g/mol. The van der Waals surface area contributed by atoms with E-state index in [9.17, 15) is 9.59 Å². The Labute approximate surface area is 78.5 Å². The molecule has 0 aromatic heterocycles. The highest BCUT2D eigenvalue weighted by atomic mass is 16.5. The van der Waals surface area contributed by atoms with E-state index in [-0.39, 0.29) is 30.0 Å². The molecule has 0 aliphatic heterocycles. The Morgan fingerprint density at radius 1 is 1.46 bits per heavy atom. The van der Waals surface area contributed by atoms with Crippen molar-refractivity contribution in [2.75, 3.05) is 7.11 Å². The van der Waals surface area contributed by atoms with Crippen molar-refractivity contribution in [1.29, 1.82) is 0 Å². The molecule has 0 radical (unpaired) electrons. The number of hydrogen-bond acceptors (Lipinski definition) is 3. The SMILES string of the molecule is CC[C@@H]1CC[C@H](CC(=O)OC)C1=O. The summed E-state index contributed by atoms with van der Waals surface area (Å²) in [7, 11) is 1.36. The lowest BCUT2D eigenvalue weighted by Crippen LogP contribution is -2.17. The minimum Gasteiger partial charge on any atom is -0.469 e. The molecule has 1 saturated carbocycles. The number of carbonyl (C=O) groups is 2. The van der Waals surface area contributed by atoms with E-state index in [4.69, 9.17) is 0 Å². The van der Waals surface area contributed by atoms with Crippen LogP contribution in [0.25, 0.3) is 0 Å². The molecule has 0 N–H and O–H groups in total. The zero-order valence-corrected chi connectivity index (χ0v) is 8.21. The molecular weight excluding hydrogens is 168 g/mol. The zero-order chi connectivity index (χ0) is 9.84. The van der Waals surface area contributed by atoms with Gasteiger partial charge in [-0.3, -0.25) is 9.59 Å². The lowest BCUT2D eigenvalue weighted by Gasteiger charge is -2.07. The van der Waals surface area contributed by atoms with Gasteiger partial charge in [0.15, 0.2) is 0 Å². The summed E-state index contributed by atoms with van der Waals surface area (Å²) in [5, 5.41) is 0. The fraction of sp³-hybridized carbons (Fsp3) is 0.800. The lowest BCUT2D eigenvalue weighted by atomic mass is 9.98. The minimum atomic E-state index is -0.268. The summed E-state index contributed by atoms with van der Waals surface area (Å²) in [5.41, 5.74) is 0. The van der Waals surface area contributed by atoms with E-state index in [1.807, 2.05) is 6.92 Å². The molecule has 0 aromatic rings. The number of esters is 1. The summed E-state index contributed by atoms with van der Waals surface area (Å²) in [5.74, 6) is 0.107. The van der Waals surface area contributed by atoms with Gasteiger partial charge in [-0.05, 0) is 19.3 Å². The summed E-state index contributed by atoms with van der Waals surface area (Å²) in [6.45, 7) is 2.02. The molecule has 0 saturated heterocycles. The van der Waals surface area contributed by atoms with Gasteiger partial charge in [0.05, 0.1) is 13.5 Å². The third-order valence-corrected chi connectivity index (χ3v) is 2.80. The van der Waals surface area contributed by atoms with Gasteiger partial charge in [0.1, 0.15) is 5.78 Å². The van der Waals surface area contributed by atoms with E-state index in [1.54, 1.807) is 0 Å². The molecule has 0 spiro atoms. The first-order chi connectivity index (χ1) is 6.19. The number of Topliss-reactive ketones (excluding diaryl/α,β-unsaturated/α-hetero) is 1. The number of rotatable bonds is 3. The van der Waals surface area contributed by atoms with Crippen molar-refractivity contribution in [2.24, 2.45) is 11.8 Å². The van der Waals surface area contributed by atoms with E-state index >= 15 is 0 Å². The predicted molar refractivity (Wildman–Crippen MR) is 48.1 cm³/mol. The molecule has 0 amide bonds. The smallest absolute Gasteiger partial charge is 0.306 e. The molecule has 3 nitrogen and oxygen atoms in total. The number of ether oxygens (including phenoxy) is 1. The molecule has 0 aromatic carbocycles. The van der Waals surface area contributed by atoms with E-state index in [1.165, 1.54) is 7.11 Å². The minimum absolute atomic E-state index is 0.0719. The Hall–Kier alpha value is -0.860. The fourth-order valence-corrected chi connectivity index (χ4v) is 1.91. The third-order valence-electron chi connectivity index (χ3n) is 2.80. The van der Waals surface area contributed by atoms with Crippen LogP contribution in [0, 0.1) is 11.8 Å². The van der Waals surface area contributed by atoms with E-state index in [0.717, 1.165) is 19.3 Å². The van der Waals surface area contributed by atoms with Crippen molar-refractivity contribution in [1.82, 2.24) is 0 Å². The Kier molecular flexibility index (Phi) is 3.46. The van der Waals surface area contributed by atoms with Crippen LogP contribution in [0.1, 0.15) is 32.6 Å². The van der Waals surface area contributed by atoms with Crippen molar-refractivity contribution in [2.45, 2.75) is 32.6 Å². The van der Waals surface area contributed by atoms with Gasteiger partial charge in [-0.25, -0.2) is 0 Å². The highest BCUT2D eigenvalue weighted by Gasteiger charge is 2.34. The van der Waals surface area contributed by atoms with Gasteiger partial charge in [0, 0.05) is 11.8 Å². The van der Waals surface area contributed by atoms with Crippen LogP contribution in [-0.2, 0) is 14.3 Å². The standard InChI is InChI=1S/C10H16O3/c1-3-7-4-5-8(10(7)12)6-9(11)13-2/h7-8H,3-6H2,1-2H3/t7-,8-/m1/s1. The maximum atomic E-state index is 11.6. The summed E-state index contributed by atoms with van der Waals surface area (Å²) in [6, 6.07) is 0. The monoisotopic (exact) mass is 184 g/mol. The van der Waals surface area contributed by atoms with Crippen molar-refractivity contribution in [3.05, 3.63) is 0 Å². The van der Waals surface area contributed by atoms with E-state index in [2.05, 4.69) is 4.74 Å². The van der Waals surface area contributed by atoms with Crippen molar-refractivity contribution in [3.8, 4) is 0 Å². The van der Waals surface area contributed by atoms with E-state index < -0.39 is 0 Å². The number of hydrogen-bond donors (Lipinski definition) is 0. The highest BCUT2D eigenvalue weighted by molar-refractivity contribution is 5.88. The summed E-state index contributed by atoms with van der Waals surface area (Å²) < 4.78 is 4.54. The maximum Gasteiger partial charge on any atom is 0.306 e. The quantitative estimate of drug-likeness (QED) is 0.625. The molecule has 1 aliphatic carbocycles. The molecule has 74 valence electrons. The molecule has 13 heavy (non-hydrogen) atoms. The summed E-state index contributed by atoms with van der Waals surface area (Å²) in [4.78, 5) is 22.5. The van der Waals surface area contributed by atoms with Crippen LogP contribution in [0.2, 0.25) is 0 Å². The lowest BCUT2D eigenvalue weighted by molar-refractivity contribution is -0.143. The Morgan fingerprint density at radius 2 is 2.08 bits per heavy atom. The Morgan fingerprint density at radius 3 is 2.54 bits per heavy atom. The molecular formula is C10H16O3. The zero-order valence-electron chi connectivity index (χ0n) is 8.21. The van der Waals surface area contributed by atoms with Gasteiger partial charge in [0.2, 0.25) is 0 Å². The topological polar surface area (TPSA) is 43.4 Å². The predicted octanol–water partition coefficient (Wildman–Crippen LogP) is 1.55. The van der Waals surface area contributed by atoms with Crippen LogP contribution >= 0.6 is 0 Å². The molecule has 1 aliphatic rings. The normalized spacial score (nSPS) is 27.7. The van der Waals surface area contributed by atoms with Gasteiger partial charge >= 0.3 is 5.97 Å². The fourth-order valence-electron chi connectivity index (χ4n) is 1.91. The van der Waals surface area contributed by atoms with Gasteiger partial charge < -0.3 is 4.74 Å². The first-order valence-electron chi connectivity index (χ1n) is 4.79. The summed E-state index contributed by atoms with van der Waals surface area (Å²) in [6.07, 6.45) is 2.96. The first-order valence-corrected chi connectivity index (χ1v) is 4.79. The molecule has 0 bridgehead atoms. The van der Waals surface area contributed by atoms with Gasteiger partial charge in [-0.15, -0.1) is 0 Å². The average Bonchev–Trinajstić information content (AvgIpc) is 2.48. The van der Waals surface area contributed by atoms with Gasteiger partial charge in [-0.1, -0.05) is 6.92 Å². The molecule has 1 rings (SSSR count).